The van der Waals surface area contributed by atoms with Crippen molar-refractivity contribution in [2.75, 3.05) is 19.9 Å². The van der Waals surface area contributed by atoms with Crippen LogP contribution in [-0.4, -0.2) is 46.5 Å². The summed E-state index contributed by atoms with van der Waals surface area (Å²) in [5.41, 5.74) is 2.29. The predicted octanol–water partition coefficient (Wildman–Crippen LogP) is 2.04. The van der Waals surface area contributed by atoms with Gasteiger partial charge >= 0.3 is 0 Å². The number of aromatic nitrogens is 3. The highest BCUT2D eigenvalue weighted by Gasteiger charge is 2.11. The monoisotopic (exact) mass is 411 g/mol. The van der Waals surface area contributed by atoms with Gasteiger partial charge in [0, 0.05) is 24.8 Å². The zero-order valence-electron chi connectivity index (χ0n) is 16.1. The first-order chi connectivity index (χ1) is 14.1. The molecular formula is C20H21N5O3S. The Morgan fingerprint density at radius 1 is 1.17 bits per heavy atom. The molecular weight excluding hydrogens is 390 g/mol. The van der Waals surface area contributed by atoms with Gasteiger partial charge in [-0.15, -0.1) is 10.2 Å². The maximum atomic E-state index is 12.2. The summed E-state index contributed by atoms with van der Waals surface area (Å²) in [5, 5.41) is 14.1. The Bertz CT molecular complexity index is 988. The minimum Gasteiger partial charge on any atom is -0.497 e. The fourth-order valence-corrected chi connectivity index (χ4v) is 3.35. The van der Waals surface area contributed by atoms with E-state index in [4.69, 9.17) is 4.74 Å². The largest absolute Gasteiger partial charge is 0.497 e. The van der Waals surface area contributed by atoms with Crippen molar-refractivity contribution in [3.63, 3.8) is 0 Å². The maximum absolute atomic E-state index is 12.2. The maximum Gasteiger partial charge on any atom is 0.251 e. The number of nitrogens with one attached hydrogen (secondary N) is 2. The first kappa shape index (κ1) is 20.4. The number of nitrogens with zero attached hydrogens (tertiary/aromatic N) is 3. The van der Waals surface area contributed by atoms with E-state index in [2.05, 4.69) is 20.8 Å². The molecule has 29 heavy (non-hydrogen) atoms. The quantitative estimate of drug-likeness (QED) is 0.551. The van der Waals surface area contributed by atoms with Gasteiger partial charge in [-0.05, 0) is 42.0 Å². The third kappa shape index (κ3) is 5.35. The Balaban J connectivity index is 1.55. The second-order valence-corrected chi connectivity index (χ2v) is 6.97. The molecule has 0 aliphatic heterocycles. The number of carbonyl (C=O) groups excluding carboxylic acids is 2. The molecule has 3 rings (SSSR count). The van der Waals surface area contributed by atoms with Crippen LogP contribution >= 0.6 is 11.8 Å². The second kappa shape index (κ2) is 9.74. The van der Waals surface area contributed by atoms with Crippen LogP contribution < -0.4 is 15.4 Å². The number of amides is 2. The van der Waals surface area contributed by atoms with Gasteiger partial charge < -0.3 is 15.4 Å². The van der Waals surface area contributed by atoms with Gasteiger partial charge in [-0.1, -0.05) is 23.9 Å². The van der Waals surface area contributed by atoms with Crippen molar-refractivity contribution < 1.29 is 14.3 Å². The molecule has 0 saturated heterocycles. The van der Waals surface area contributed by atoms with Gasteiger partial charge in [-0.25, -0.2) is 0 Å². The van der Waals surface area contributed by atoms with E-state index in [1.165, 1.54) is 11.8 Å². The third-order valence-corrected chi connectivity index (χ3v) is 5.05. The molecule has 2 aromatic carbocycles. The Labute approximate surface area is 172 Å². The number of hydrogen-bond donors (Lipinski definition) is 2. The molecule has 150 valence electrons. The molecule has 0 aliphatic rings. The van der Waals surface area contributed by atoms with E-state index in [1.807, 2.05) is 34.9 Å². The lowest BCUT2D eigenvalue weighted by molar-refractivity contribution is -0.118. The normalized spacial score (nSPS) is 10.4. The molecule has 1 aromatic heterocycles. The highest BCUT2D eigenvalue weighted by Crippen LogP contribution is 2.21. The molecule has 2 amide bonds. The van der Waals surface area contributed by atoms with Crippen molar-refractivity contribution >= 4 is 23.6 Å². The van der Waals surface area contributed by atoms with Gasteiger partial charge in [-0.2, -0.15) is 0 Å². The van der Waals surface area contributed by atoms with Crippen LogP contribution in [0.15, 0.2) is 60.0 Å². The number of benzene rings is 2. The van der Waals surface area contributed by atoms with Crippen molar-refractivity contribution in [3.05, 3.63) is 66.0 Å². The highest BCUT2D eigenvalue weighted by atomic mass is 32.2. The summed E-state index contributed by atoms with van der Waals surface area (Å²) in [4.78, 5) is 23.9. The van der Waals surface area contributed by atoms with Crippen LogP contribution in [0, 0.1) is 0 Å². The minimum atomic E-state index is -0.161. The van der Waals surface area contributed by atoms with Crippen LogP contribution in [-0.2, 0) is 11.3 Å². The average molecular weight is 411 g/mol. The molecule has 0 saturated carbocycles. The van der Waals surface area contributed by atoms with E-state index in [-0.39, 0.29) is 17.6 Å². The third-order valence-electron chi connectivity index (χ3n) is 4.11. The summed E-state index contributed by atoms with van der Waals surface area (Å²) in [6, 6.07) is 14.6. The van der Waals surface area contributed by atoms with Crippen molar-refractivity contribution in [2.24, 2.45) is 0 Å². The number of rotatable bonds is 8. The Morgan fingerprint density at radius 2 is 1.97 bits per heavy atom. The first-order valence-corrected chi connectivity index (χ1v) is 9.84. The van der Waals surface area contributed by atoms with Gasteiger partial charge in [0.25, 0.3) is 5.91 Å². The SMILES string of the molecule is CNC(=O)c1cccc(CNC(=O)CSc2nncn2-c2ccc(OC)cc2)c1. The molecule has 0 radical (unpaired) electrons. The zero-order valence-corrected chi connectivity index (χ0v) is 16.9. The topological polar surface area (TPSA) is 98.1 Å². The van der Waals surface area contributed by atoms with Crippen LogP contribution in [0.5, 0.6) is 5.75 Å². The van der Waals surface area contributed by atoms with E-state index in [9.17, 15) is 9.59 Å². The van der Waals surface area contributed by atoms with Crippen LogP contribution in [0.4, 0.5) is 0 Å². The Hall–Kier alpha value is -3.33. The number of hydrogen-bond acceptors (Lipinski definition) is 6. The van der Waals surface area contributed by atoms with Crippen LogP contribution in [0.3, 0.4) is 0 Å². The van der Waals surface area contributed by atoms with Crippen molar-refractivity contribution in [1.29, 1.82) is 0 Å². The van der Waals surface area contributed by atoms with Gasteiger partial charge in [0.1, 0.15) is 12.1 Å². The van der Waals surface area contributed by atoms with Gasteiger partial charge in [-0.3, -0.25) is 14.2 Å². The van der Waals surface area contributed by atoms with Crippen LogP contribution in [0.1, 0.15) is 15.9 Å². The van der Waals surface area contributed by atoms with Crippen molar-refractivity contribution in [3.8, 4) is 11.4 Å². The lowest BCUT2D eigenvalue weighted by Gasteiger charge is -2.08. The van der Waals surface area contributed by atoms with Crippen molar-refractivity contribution in [2.45, 2.75) is 11.7 Å². The number of methoxy groups -OCH3 is 1. The molecule has 2 N–H and O–H groups in total. The molecule has 8 nitrogen and oxygen atoms in total. The number of ether oxygens (including phenoxy) is 1. The Morgan fingerprint density at radius 3 is 2.69 bits per heavy atom. The summed E-state index contributed by atoms with van der Waals surface area (Å²) in [6.07, 6.45) is 1.60. The smallest absolute Gasteiger partial charge is 0.251 e. The summed E-state index contributed by atoms with van der Waals surface area (Å²) >= 11 is 1.30. The fraction of sp³-hybridized carbons (Fsp3) is 0.200. The highest BCUT2D eigenvalue weighted by molar-refractivity contribution is 7.99. The summed E-state index contributed by atoms with van der Waals surface area (Å²) in [6.45, 7) is 0.343. The second-order valence-electron chi connectivity index (χ2n) is 6.03. The molecule has 0 spiro atoms. The molecule has 0 fully saturated rings. The van der Waals surface area contributed by atoms with Gasteiger partial charge in [0.15, 0.2) is 5.16 Å². The number of carbonyl (C=O) groups is 2. The molecule has 0 bridgehead atoms. The standard InChI is InChI=1S/C20H21N5O3S/c1-21-19(27)15-5-3-4-14(10-15)11-22-18(26)12-29-20-24-23-13-25(20)16-6-8-17(28-2)9-7-16/h3-10,13H,11-12H2,1-2H3,(H,21,27)(H,22,26). The van der Waals surface area contributed by atoms with Crippen LogP contribution in [0.25, 0.3) is 5.69 Å². The van der Waals surface area contributed by atoms with E-state index >= 15 is 0 Å². The number of thioether (sulfide) groups is 1. The minimum absolute atomic E-state index is 0.135. The van der Waals surface area contributed by atoms with E-state index in [1.54, 1.807) is 38.7 Å². The van der Waals surface area contributed by atoms with E-state index in [0.29, 0.717) is 17.3 Å². The predicted molar refractivity (Wildman–Crippen MR) is 110 cm³/mol. The Kier molecular flexibility index (Phi) is 6.85. The average Bonchev–Trinajstić information content (AvgIpc) is 3.24. The van der Waals surface area contributed by atoms with E-state index in [0.717, 1.165) is 17.0 Å². The van der Waals surface area contributed by atoms with Gasteiger partial charge in [0.05, 0.1) is 12.9 Å². The van der Waals surface area contributed by atoms with Crippen molar-refractivity contribution in [1.82, 2.24) is 25.4 Å². The molecule has 3 aromatic rings. The lowest BCUT2D eigenvalue weighted by Crippen LogP contribution is -2.25. The summed E-state index contributed by atoms with van der Waals surface area (Å²) in [7, 11) is 3.20. The summed E-state index contributed by atoms with van der Waals surface area (Å²) < 4.78 is 6.97. The first-order valence-electron chi connectivity index (χ1n) is 8.85. The summed E-state index contributed by atoms with van der Waals surface area (Å²) in [5.74, 6) is 0.663. The van der Waals surface area contributed by atoms with E-state index < -0.39 is 0 Å². The van der Waals surface area contributed by atoms with Crippen LogP contribution in [0.2, 0.25) is 0 Å². The molecule has 9 heteroatoms. The molecule has 0 unspecified atom stereocenters. The molecule has 0 atom stereocenters. The molecule has 1 heterocycles. The lowest BCUT2D eigenvalue weighted by atomic mass is 10.1. The van der Waals surface area contributed by atoms with Gasteiger partial charge in [0.2, 0.25) is 5.91 Å². The zero-order chi connectivity index (χ0) is 20.6. The molecule has 0 aliphatic carbocycles. The fourth-order valence-electron chi connectivity index (χ4n) is 2.59.